The molecule has 10 heteroatoms. The topological polar surface area (TPSA) is 118 Å². The van der Waals surface area contributed by atoms with Crippen LogP contribution in [0, 0.1) is 12.8 Å². The molecule has 2 aromatic heterocycles. The zero-order valence-corrected chi connectivity index (χ0v) is 15.1. The van der Waals surface area contributed by atoms with E-state index in [1.807, 2.05) is 6.92 Å². The van der Waals surface area contributed by atoms with Crippen molar-refractivity contribution < 1.29 is 17.9 Å². The first kappa shape index (κ1) is 17.0. The van der Waals surface area contributed by atoms with E-state index in [1.54, 1.807) is 18.3 Å². The van der Waals surface area contributed by atoms with Gasteiger partial charge >= 0.3 is 6.01 Å². The van der Waals surface area contributed by atoms with E-state index >= 15 is 0 Å². The lowest BCUT2D eigenvalue weighted by Crippen LogP contribution is -2.69. The predicted molar refractivity (Wildman–Crippen MR) is 91.4 cm³/mol. The summed E-state index contributed by atoms with van der Waals surface area (Å²) in [6.45, 7) is 2.40. The average Bonchev–Trinajstić information content (AvgIpc) is 3.17. The van der Waals surface area contributed by atoms with Crippen molar-refractivity contribution in [3.63, 3.8) is 0 Å². The Hall–Kier alpha value is -2.49. The van der Waals surface area contributed by atoms with Gasteiger partial charge in [0.15, 0.2) is 9.84 Å². The van der Waals surface area contributed by atoms with Crippen LogP contribution in [0.25, 0.3) is 0 Å². The van der Waals surface area contributed by atoms with Gasteiger partial charge in [-0.3, -0.25) is 9.89 Å². The number of sulfone groups is 1. The number of aromatic amines is 1. The molecule has 1 atom stereocenters. The second-order valence-corrected chi connectivity index (χ2v) is 9.24. The Kier molecular flexibility index (Phi) is 3.94. The number of hydrogen-bond donors (Lipinski definition) is 1. The minimum absolute atomic E-state index is 0.113. The second-order valence-electron chi connectivity index (χ2n) is 6.79. The quantitative estimate of drug-likeness (QED) is 0.809. The smallest absolute Gasteiger partial charge is 0.316 e. The van der Waals surface area contributed by atoms with Crippen LogP contribution in [-0.4, -0.2) is 69.6 Å². The van der Waals surface area contributed by atoms with E-state index in [4.69, 9.17) is 4.74 Å². The Morgan fingerprint density at radius 3 is 2.88 bits per heavy atom. The minimum atomic E-state index is -3.29. The number of carbonyl (C=O) groups is 1. The molecule has 2 saturated heterocycles. The molecule has 1 N–H and O–H groups in total. The van der Waals surface area contributed by atoms with Crippen LogP contribution in [0.5, 0.6) is 6.01 Å². The van der Waals surface area contributed by atoms with Crippen LogP contribution < -0.4 is 4.74 Å². The van der Waals surface area contributed by atoms with Gasteiger partial charge in [0.2, 0.25) is 0 Å². The Bertz CT molecular complexity index is 922. The highest BCUT2D eigenvalue weighted by Crippen LogP contribution is 2.45. The number of ether oxygens (including phenoxy) is 1. The number of hydrogen-bond acceptors (Lipinski definition) is 7. The Balaban J connectivity index is 1.47. The van der Waals surface area contributed by atoms with Gasteiger partial charge in [-0.25, -0.2) is 18.4 Å². The molecule has 2 aliphatic rings. The van der Waals surface area contributed by atoms with E-state index in [1.165, 1.54) is 11.1 Å². The van der Waals surface area contributed by atoms with Gasteiger partial charge in [-0.05, 0) is 25.5 Å². The van der Waals surface area contributed by atoms with E-state index < -0.39 is 14.6 Å². The minimum Gasteiger partial charge on any atom is -0.463 e. The lowest BCUT2D eigenvalue weighted by Gasteiger charge is -2.49. The summed E-state index contributed by atoms with van der Waals surface area (Å²) in [6.07, 6.45) is 3.61. The van der Waals surface area contributed by atoms with Gasteiger partial charge in [-0.15, -0.1) is 0 Å². The van der Waals surface area contributed by atoms with Crippen LogP contribution in [0.3, 0.4) is 0 Å². The third-order valence-electron chi connectivity index (χ3n) is 5.22. The van der Waals surface area contributed by atoms with E-state index in [-0.39, 0.29) is 43.3 Å². The van der Waals surface area contributed by atoms with Gasteiger partial charge in [0, 0.05) is 37.1 Å². The highest BCUT2D eigenvalue weighted by molar-refractivity contribution is 7.93. The monoisotopic (exact) mass is 377 g/mol. The first-order valence-electron chi connectivity index (χ1n) is 8.35. The van der Waals surface area contributed by atoms with Crippen molar-refractivity contribution >= 4 is 15.7 Å². The van der Waals surface area contributed by atoms with Crippen LogP contribution in [-0.2, 0) is 9.84 Å². The summed E-state index contributed by atoms with van der Waals surface area (Å²) in [4.78, 5) is 22.1. The fraction of sp³-hybridized carbons (Fsp3) is 0.500. The van der Waals surface area contributed by atoms with Gasteiger partial charge in [0.1, 0.15) is 10.4 Å². The SMILES string of the molecule is Cc1ccnc(OC[C@@H]2CCS(=O)(=O)C23CN(C(=O)c2ccn[nH]2)C3)n1. The molecule has 9 nitrogen and oxygen atoms in total. The number of aromatic nitrogens is 4. The number of nitrogens with one attached hydrogen (secondary N) is 1. The van der Waals surface area contributed by atoms with E-state index in [0.29, 0.717) is 12.1 Å². The first-order valence-corrected chi connectivity index (χ1v) is 10.00. The van der Waals surface area contributed by atoms with E-state index in [9.17, 15) is 13.2 Å². The summed E-state index contributed by atoms with van der Waals surface area (Å²) in [7, 11) is -3.29. The van der Waals surface area contributed by atoms with Crippen LogP contribution in [0.2, 0.25) is 0 Å². The van der Waals surface area contributed by atoms with Crippen molar-refractivity contribution in [1.82, 2.24) is 25.1 Å². The maximum Gasteiger partial charge on any atom is 0.316 e. The number of likely N-dealkylation sites (tertiary alicyclic amines) is 1. The second kappa shape index (κ2) is 6.04. The number of aryl methyl sites for hydroxylation is 1. The molecule has 1 spiro atoms. The standard InChI is InChI=1S/C16H19N5O4S/c1-11-2-5-17-15(19-11)25-8-12-4-7-26(23,24)16(12)9-21(10-16)14(22)13-3-6-18-20-13/h2-3,5-6,12H,4,7-10H2,1H3,(H,18,20)/t12-/m0/s1. The van der Waals surface area contributed by atoms with Gasteiger partial charge in [-0.1, -0.05) is 0 Å². The molecule has 0 aliphatic carbocycles. The molecule has 26 heavy (non-hydrogen) atoms. The molecular weight excluding hydrogens is 358 g/mol. The molecule has 0 aromatic carbocycles. The molecule has 2 aromatic rings. The zero-order chi connectivity index (χ0) is 18.4. The zero-order valence-electron chi connectivity index (χ0n) is 14.3. The number of carbonyl (C=O) groups excluding carboxylic acids is 1. The fourth-order valence-electron chi connectivity index (χ4n) is 3.67. The number of nitrogens with zero attached hydrogens (tertiary/aromatic N) is 4. The van der Waals surface area contributed by atoms with Crippen LogP contribution in [0.4, 0.5) is 0 Å². The maximum atomic E-state index is 12.7. The molecule has 4 heterocycles. The Morgan fingerprint density at radius 2 is 2.19 bits per heavy atom. The third-order valence-corrected chi connectivity index (χ3v) is 7.82. The molecular formula is C16H19N5O4S. The van der Waals surface area contributed by atoms with Crippen molar-refractivity contribution in [3.05, 3.63) is 35.9 Å². The number of rotatable bonds is 4. The highest BCUT2D eigenvalue weighted by Gasteiger charge is 2.62. The molecule has 4 rings (SSSR count). The van der Waals surface area contributed by atoms with Crippen molar-refractivity contribution in [3.8, 4) is 6.01 Å². The summed E-state index contributed by atoms with van der Waals surface area (Å²) >= 11 is 0. The Labute approximate surface area is 150 Å². The van der Waals surface area contributed by atoms with Gasteiger partial charge in [0.25, 0.3) is 5.91 Å². The van der Waals surface area contributed by atoms with E-state index in [2.05, 4.69) is 20.2 Å². The molecule has 0 saturated carbocycles. The first-order chi connectivity index (χ1) is 12.4. The summed E-state index contributed by atoms with van der Waals surface area (Å²) in [5, 5.41) is 6.38. The average molecular weight is 377 g/mol. The molecule has 2 aliphatic heterocycles. The fourth-order valence-corrected chi connectivity index (χ4v) is 6.07. The number of H-pyrrole nitrogens is 1. The van der Waals surface area contributed by atoms with Gasteiger partial charge < -0.3 is 9.64 Å². The lowest BCUT2D eigenvalue weighted by atomic mass is 9.83. The number of amides is 1. The van der Waals surface area contributed by atoms with E-state index in [0.717, 1.165) is 5.69 Å². The molecule has 2 fully saturated rings. The van der Waals surface area contributed by atoms with Gasteiger partial charge in [0.05, 0.1) is 12.4 Å². The van der Waals surface area contributed by atoms with Gasteiger partial charge in [-0.2, -0.15) is 5.10 Å². The largest absolute Gasteiger partial charge is 0.463 e. The Morgan fingerprint density at radius 1 is 1.38 bits per heavy atom. The van der Waals surface area contributed by atoms with Crippen molar-refractivity contribution in [1.29, 1.82) is 0 Å². The third kappa shape index (κ3) is 2.64. The molecule has 0 bridgehead atoms. The predicted octanol–water partition coefficient (Wildman–Crippen LogP) is 0.216. The van der Waals surface area contributed by atoms with Crippen LogP contribution in [0.1, 0.15) is 22.6 Å². The van der Waals surface area contributed by atoms with Crippen LogP contribution in [0.15, 0.2) is 24.5 Å². The molecule has 1 amide bonds. The maximum absolute atomic E-state index is 12.7. The molecule has 0 unspecified atom stereocenters. The van der Waals surface area contributed by atoms with Crippen molar-refractivity contribution in [2.75, 3.05) is 25.4 Å². The molecule has 0 radical (unpaired) electrons. The summed E-state index contributed by atoms with van der Waals surface area (Å²) in [6, 6.07) is 3.58. The lowest BCUT2D eigenvalue weighted by molar-refractivity contribution is 0.0398. The van der Waals surface area contributed by atoms with Crippen molar-refractivity contribution in [2.45, 2.75) is 18.1 Å². The highest BCUT2D eigenvalue weighted by atomic mass is 32.2. The summed E-state index contributed by atoms with van der Waals surface area (Å²) in [5.41, 5.74) is 1.14. The normalized spacial score (nSPS) is 23.0. The molecule has 138 valence electrons. The summed E-state index contributed by atoms with van der Waals surface area (Å²) in [5.74, 6) is -0.318. The van der Waals surface area contributed by atoms with Crippen LogP contribution >= 0.6 is 0 Å². The van der Waals surface area contributed by atoms with Crippen molar-refractivity contribution in [2.24, 2.45) is 5.92 Å². The summed E-state index contributed by atoms with van der Waals surface area (Å²) < 4.78 is 30.0.